The van der Waals surface area contributed by atoms with Crippen LogP contribution < -0.4 is 5.32 Å². The largest absolute Gasteiger partial charge is 0.465 e. The number of piperidine rings is 1. The number of hydrogen-bond donors (Lipinski definition) is 2. The molecule has 6 rings (SSSR count). The van der Waals surface area contributed by atoms with Crippen LogP contribution in [-0.2, 0) is 27.2 Å². The summed E-state index contributed by atoms with van der Waals surface area (Å²) in [7, 11) is 1.62. The zero-order chi connectivity index (χ0) is 35.9. The van der Waals surface area contributed by atoms with Gasteiger partial charge in [0.05, 0.1) is 6.61 Å². The number of aromatic nitrogens is 2. The van der Waals surface area contributed by atoms with E-state index in [0.29, 0.717) is 19.3 Å². The van der Waals surface area contributed by atoms with E-state index in [4.69, 9.17) is 9.26 Å². The lowest BCUT2D eigenvalue weighted by Crippen LogP contribution is -2.52. The molecule has 264 valence electrons. The Morgan fingerprint density at radius 2 is 1.49 bits per heavy atom. The Kier molecular flexibility index (Phi) is 10.9. The fourth-order valence-electron chi connectivity index (χ4n) is 6.52. The van der Waals surface area contributed by atoms with E-state index in [0.717, 1.165) is 32.7 Å². The maximum atomic E-state index is 14.6. The molecule has 0 aliphatic carbocycles. The van der Waals surface area contributed by atoms with Crippen molar-refractivity contribution in [2.24, 2.45) is 5.92 Å². The lowest BCUT2D eigenvalue weighted by molar-refractivity contribution is -0.139. The quantitative estimate of drug-likeness (QED) is 0.154. The number of esters is 1. The van der Waals surface area contributed by atoms with Crippen LogP contribution >= 0.6 is 0 Å². The number of rotatable bonds is 12. The summed E-state index contributed by atoms with van der Waals surface area (Å²) in [5.74, 6) is -2.05. The van der Waals surface area contributed by atoms with Crippen molar-refractivity contribution in [3.63, 3.8) is 0 Å². The normalized spacial score (nSPS) is 14.6. The summed E-state index contributed by atoms with van der Waals surface area (Å²) >= 11 is 0. The highest BCUT2D eigenvalue weighted by molar-refractivity contribution is 5.90. The monoisotopic (exact) mass is 691 g/mol. The molecule has 0 bridgehead atoms. The number of likely N-dealkylation sites (tertiary alicyclic amines) is 1. The van der Waals surface area contributed by atoms with E-state index in [2.05, 4.69) is 15.5 Å². The SMILES string of the molecule is CCCOC(=O)c1noc([C@@H](Cc2ccc3ccccc3c2)N(C)C(=O)[C@@H](Cc2ccc3ccccc3c2)NC(=O)C2CCN(C(=O)O)CC2)n1. The molecule has 0 spiro atoms. The van der Waals surface area contributed by atoms with Gasteiger partial charge in [0.1, 0.15) is 12.1 Å². The van der Waals surface area contributed by atoms with Crippen molar-refractivity contribution in [2.45, 2.75) is 51.1 Å². The summed E-state index contributed by atoms with van der Waals surface area (Å²) < 4.78 is 10.8. The molecular weight excluding hydrogens is 650 g/mol. The molecule has 51 heavy (non-hydrogen) atoms. The minimum absolute atomic E-state index is 0.0549. The molecule has 1 fully saturated rings. The zero-order valence-electron chi connectivity index (χ0n) is 28.7. The zero-order valence-corrected chi connectivity index (χ0v) is 28.7. The number of nitrogens with zero attached hydrogens (tertiary/aromatic N) is 4. The third-order valence-electron chi connectivity index (χ3n) is 9.41. The van der Waals surface area contributed by atoms with E-state index in [1.54, 1.807) is 7.05 Å². The average Bonchev–Trinajstić information content (AvgIpc) is 3.65. The minimum atomic E-state index is -1.01. The van der Waals surface area contributed by atoms with Crippen LogP contribution in [0, 0.1) is 5.92 Å². The Morgan fingerprint density at radius 1 is 0.902 bits per heavy atom. The molecule has 2 atom stereocenters. The van der Waals surface area contributed by atoms with Crippen molar-refractivity contribution in [2.75, 3.05) is 26.7 Å². The fourth-order valence-corrected chi connectivity index (χ4v) is 6.52. The highest BCUT2D eigenvalue weighted by atomic mass is 16.5. The fraction of sp³-hybridized carbons (Fsp3) is 0.333. The minimum Gasteiger partial charge on any atom is -0.465 e. The molecular formula is C39H41N5O7. The van der Waals surface area contributed by atoms with Crippen LogP contribution in [0.4, 0.5) is 4.79 Å². The van der Waals surface area contributed by atoms with Crippen LogP contribution in [0.1, 0.15) is 59.9 Å². The molecule has 5 aromatic rings. The number of carboxylic acid groups (broad SMARTS) is 1. The summed E-state index contributed by atoms with van der Waals surface area (Å²) in [4.78, 5) is 59.5. The number of carbonyl (C=O) groups excluding carboxylic acids is 3. The summed E-state index contributed by atoms with van der Waals surface area (Å²) in [6.45, 7) is 2.56. The molecule has 1 aromatic heterocycles. The van der Waals surface area contributed by atoms with Gasteiger partial charge in [0, 0.05) is 38.9 Å². The van der Waals surface area contributed by atoms with Crippen molar-refractivity contribution in [3.05, 3.63) is 108 Å². The molecule has 12 heteroatoms. The first kappa shape index (κ1) is 35.1. The maximum Gasteiger partial charge on any atom is 0.407 e. The Labute approximate surface area is 295 Å². The number of benzene rings is 4. The van der Waals surface area contributed by atoms with Gasteiger partial charge < -0.3 is 29.5 Å². The van der Waals surface area contributed by atoms with E-state index >= 15 is 0 Å². The Hall–Kier alpha value is -5.78. The number of nitrogens with one attached hydrogen (secondary N) is 1. The first-order valence-electron chi connectivity index (χ1n) is 17.2. The lowest BCUT2D eigenvalue weighted by Gasteiger charge is -2.32. The summed E-state index contributed by atoms with van der Waals surface area (Å²) in [6.07, 6.45) is 0.807. The van der Waals surface area contributed by atoms with Crippen molar-refractivity contribution in [3.8, 4) is 0 Å². The van der Waals surface area contributed by atoms with Crippen molar-refractivity contribution >= 4 is 45.4 Å². The molecule has 4 aromatic carbocycles. The van der Waals surface area contributed by atoms with Crippen molar-refractivity contribution in [1.29, 1.82) is 0 Å². The topological polar surface area (TPSA) is 155 Å². The maximum absolute atomic E-state index is 14.6. The summed E-state index contributed by atoms with van der Waals surface area (Å²) in [6, 6.07) is 26.0. The van der Waals surface area contributed by atoms with Crippen LogP contribution in [0.15, 0.2) is 89.5 Å². The third kappa shape index (κ3) is 8.34. The molecule has 3 amide bonds. The van der Waals surface area contributed by atoms with E-state index in [1.807, 2.05) is 91.9 Å². The number of likely N-dealkylation sites (N-methyl/N-ethyl adjacent to an activating group) is 1. The molecule has 2 heterocycles. The molecule has 0 saturated carbocycles. The first-order chi connectivity index (χ1) is 24.7. The van der Waals surface area contributed by atoms with Gasteiger partial charge in [0.15, 0.2) is 0 Å². The van der Waals surface area contributed by atoms with Gasteiger partial charge in [-0.2, -0.15) is 4.98 Å². The van der Waals surface area contributed by atoms with E-state index in [1.165, 1.54) is 9.80 Å². The molecule has 1 aliphatic rings. The third-order valence-corrected chi connectivity index (χ3v) is 9.41. The second kappa shape index (κ2) is 15.8. The standard InChI is InChI=1S/C39H41N5O7/c1-3-20-50-38(47)34-41-36(51-42-34)33(24-26-13-15-28-9-5-7-11-31(28)22-26)43(2)37(46)32(23-25-12-14-27-8-4-6-10-30(27)21-25)40-35(45)29-16-18-44(19-17-29)39(48)49/h4-15,21-22,29,32-33H,3,16-20,23-24H2,1-2H3,(H,40,45)(H,48,49)/t32-,33-/m1/s1. The van der Waals surface area contributed by atoms with Gasteiger partial charge in [-0.25, -0.2) is 9.59 Å². The van der Waals surface area contributed by atoms with Gasteiger partial charge >= 0.3 is 12.1 Å². The van der Waals surface area contributed by atoms with E-state index in [-0.39, 0.29) is 50.2 Å². The highest BCUT2D eigenvalue weighted by Gasteiger charge is 2.35. The lowest BCUT2D eigenvalue weighted by atomic mass is 9.94. The van der Waals surface area contributed by atoms with Crippen LogP contribution in [0.2, 0.25) is 0 Å². The van der Waals surface area contributed by atoms with E-state index in [9.17, 15) is 24.3 Å². The van der Waals surface area contributed by atoms with Crippen LogP contribution in [0.3, 0.4) is 0 Å². The van der Waals surface area contributed by atoms with Gasteiger partial charge in [-0.1, -0.05) is 91.9 Å². The summed E-state index contributed by atoms with van der Waals surface area (Å²) in [5.41, 5.74) is 1.75. The predicted octanol–water partition coefficient (Wildman–Crippen LogP) is 5.80. The molecule has 1 aliphatic heterocycles. The molecule has 2 N–H and O–H groups in total. The smallest absolute Gasteiger partial charge is 0.407 e. The van der Waals surface area contributed by atoms with Gasteiger partial charge in [-0.05, 0) is 57.1 Å². The van der Waals surface area contributed by atoms with Crippen LogP contribution in [-0.4, -0.2) is 81.7 Å². The number of fused-ring (bicyclic) bond motifs is 2. The Bertz CT molecular complexity index is 2040. The highest BCUT2D eigenvalue weighted by Crippen LogP contribution is 2.27. The van der Waals surface area contributed by atoms with Crippen LogP contribution in [0.25, 0.3) is 21.5 Å². The van der Waals surface area contributed by atoms with E-state index < -0.39 is 36.0 Å². The number of hydrogen-bond acceptors (Lipinski definition) is 8. The predicted molar refractivity (Wildman–Crippen MR) is 190 cm³/mol. The summed E-state index contributed by atoms with van der Waals surface area (Å²) in [5, 5.41) is 20.4. The molecule has 0 radical (unpaired) electrons. The van der Waals surface area contributed by atoms with Crippen molar-refractivity contribution < 1.29 is 33.5 Å². The molecule has 12 nitrogen and oxygen atoms in total. The molecule has 1 saturated heterocycles. The molecule has 0 unspecified atom stereocenters. The van der Waals surface area contributed by atoms with Crippen molar-refractivity contribution in [1.82, 2.24) is 25.3 Å². The number of amides is 3. The average molecular weight is 692 g/mol. The van der Waals surface area contributed by atoms with Gasteiger partial charge in [-0.15, -0.1) is 0 Å². The Morgan fingerprint density at radius 3 is 2.08 bits per heavy atom. The Balaban J connectivity index is 1.31. The first-order valence-corrected chi connectivity index (χ1v) is 17.2. The second-order valence-corrected chi connectivity index (χ2v) is 12.9. The van der Waals surface area contributed by atoms with Crippen LogP contribution in [0.5, 0.6) is 0 Å². The number of carbonyl (C=O) groups is 4. The number of ether oxygens (including phenoxy) is 1. The second-order valence-electron chi connectivity index (χ2n) is 12.9. The van der Waals surface area contributed by atoms with Gasteiger partial charge in [0.25, 0.3) is 5.82 Å². The van der Waals surface area contributed by atoms with Gasteiger partial charge in [0.2, 0.25) is 17.7 Å². The van der Waals surface area contributed by atoms with Gasteiger partial charge in [-0.3, -0.25) is 9.59 Å².